The fraction of sp³-hybridized carbons (Fsp3) is 0.476. The van der Waals surface area contributed by atoms with Crippen molar-refractivity contribution in [1.29, 1.82) is 0 Å². The molecule has 4 rings (SSSR count). The van der Waals surface area contributed by atoms with Crippen LogP contribution in [0, 0.1) is 12.8 Å². The molecule has 0 spiro atoms. The number of amides is 2. The van der Waals surface area contributed by atoms with E-state index in [1.165, 1.54) is 13.0 Å². The van der Waals surface area contributed by atoms with Gasteiger partial charge in [0.15, 0.2) is 5.13 Å². The molecule has 1 saturated carbocycles. The van der Waals surface area contributed by atoms with Gasteiger partial charge in [-0.3, -0.25) is 9.59 Å². The molecule has 2 heterocycles. The van der Waals surface area contributed by atoms with Gasteiger partial charge in [-0.25, -0.2) is 18.1 Å². The SMILES string of the molecule is CC(=O)Nc1nc(C)c(-c2cc3c(c(S(=O)(=O)NCC(F)(F)F)c2)C(=O)N([C@@H](C)C2CC2)C3)s1. The normalized spacial score (nSPS) is 17.1. The summed E-state index contributed by atoms with van der Waals surface area (Å²) in [6.07, 6.45) is -2.82. The molecule has 34 heavy (non-hydrogen) atoms. The van der Waals surface area contributed by atoms with Crippen molar-refractivity contribution < 1.29 is 31.2 Å². The van der Waals surface area contributed by atoms with E-state index in [0.717, 1.165) is 24.2 Å². The third-order valence-corrected chi connectivity index (χ3v) is 8.44. The Morgan fingerprint density at radius 1 is 1.32 bits per heavy atom. The van der Waals surface area contributed by atoms with E-state index in [4.69, 9.17) is 0 Å². The highest BCUT2D eigenvalue weighted by Crippen LogP contribution is 2.42. The number of aryl methyl sites for hydroxylation is 1. The Balaban J connectivity index is 1.82. The van der Waals surface area contributed by atoms with Crippen LogP contribution < -0.4 is 10.0 Å². The zero-order chi connectivity index (χ0) is 25.0. The van der Waals surface area contributed by atoms with E-state index >= 15 is 0 Å². The average Bonchev–Trinajstić information content (AvgIpc) is 3.44. The number of thiazole rings is 1. The molecule has 1 aliphatic carbocycles. The van der Waals surface area contributed by atoms with Crippen LogP contribution in [0.5, 0.6) is 0 Å². The first-order chi connectivity index (χ1) is 15.8. The van der Waals surface area contributed by atoms with Gasteiger partial charge in [0.1, 0.15) is 6.54 Å². The Kier molecular flexibility index (Phi) is 6.23. The number of fused-ring (bicyclic) bond motifs is 1. The quantitative estimate of drug-likeness (QED) is 0.584. The summed E-state index contributed by atoms with van der Waals surface area (Å²) in [5, 5.41) is 2.87. The molecule has 0 saturated heterocycles. The summed E-state index contributed by atoms with van der Waals surface area (Å²) in [5.41, 5.74) is 1.23. The van der Waals surface area contributed by atoms with E-state index in [1.807, 2.05) is 6.92 Å². The smallest absolute Gasteiger partial charge is 0.331 e. The number of sulfonamides is 1. The molecule has 0 bridgehead atoms. The highest BCUT2D eigenvalue weighted by atomic mass is 32.2. The van der Waals surface area contributed by atoms with Gasteiger partial charge < -0.3 is 10.2 Å². The molecular weight excluding hydrogens is 493 g/mol. The molecule has 2 N–H and O–H groups in total. The number of alkyl halides is 3. The van der Waals surface area contributed by atoms with Gasteiger partial charge in [-0.15, -0.1) is 0 Å². The van der Waals surface area contributed by atoms with Crippen molar-refractivity contribution in [2.45, 2.75) is 57.3 Å². The Bertz CT molecular complexity index is 1270. The summed E-state index contributed by atoms with van der Waals surface area (Å²) >= 11 is 1.11. The number of hydrogen-bond donors (Lipinski definition) is 2. The molecule has 1 atom stereocenters. The van der Waals surface area contributed by atoms with Crippen LogP contribution in [0.15, 0.2) is 17.0 Å². The minimum Gasteiger partial charge on any atom is -0.331 e. The number of aromatic nitrogens is 1. The number of carbonyl (C=O) groups is 2. The van der Waals surface area contributed by atoms with Crippen molar-refractivity contribution in [3.63, 3.8) is 0 Å². The van der Waals surface area contributed by atoms with E-state index in [0.29, 0.717) is 32.7 Å². The maximum absolute atomic E-state index is 13.2. The predicted octanol–water partition coefficient (Wildman–Crippen LogP) is 3.67. The second kappa shape index (κ2) is 8.61. The molecule has 0 unspecified atom stereocenters. The molecule has 1 aromatic heterocycles. The Morgan fingerprint density at radius 3 is 2.59 bits per heavy atom. The van der Waals surface area contributed by atoms with Crippen molar-refractivity contribution in [1.82, 2.24) is 14.6 Å². The first-order valence-corrected chi connectivity index (χ1v) is 12.9. The molecule has 184 valence electrons. The lowest BCUT2D eigenvalue weighted by Crippen LogP contribution is -2.36. The standard InChI is InChI=1S/C21H23F3N4O4S2/c1-10-18(33-20(26-10)27-12(3)29)14-6-15-8-28(11(2)13-4-5-13)19(30)17(15)16(7-14)34(31,32)25-9-21(22,23)24/h6-7,11,13,25H,4-5,8-9H2,1-3H3,(H,26,27,29)/t11-/m0/s1. The van der Waals surface area contributed by atoms with E-state index in [9.17, 15) is 31.2 Å². The fourth-order valence-electron chi connectivity index (χ4n) is 4.07. The molecule has 1 fully saturated rings. The van der Waals surface area contributed by atoms with Crippen LogP contribution in [-0.2, 0) is 21.4 Å². The van der Waals surface area contributed by atoms with Gasteiger partial charge in [-0.1, -0.05) is 11.3 Å². The molecule has 13 heteroatoms. The number of rotatable bonds is 7. The van der Waals surface area contributed by atoms with Crippen LogP contribution in [-0.4, -0.2) is 48.9 Å². The Morgan fingerprint density at radius 2 is 2.00 bits per heavy atom. The summed E-state index contributed by atoms with van der Waals surface area (Å²) in [7, 11) is -4.66. The van der Waals surface area contributed by atoms with Gasteiger partial charge in [0.25, 0.3) is 5.91 Å². The number of anilines is 1. The van der Waals surface area contributed by atoms with Crippen LogP contribution in [0.1, 0.15) is 48.3 Å². The zero-order valence-electron chi connectivity index (χ0n) is 18.6. The minimum atomic E-state index is -4.76. The lowest BCUT2D eigenvalue weighted by Gasteiger charge is -2.24. The van der Waals surface area contributed by atoms with Crippen molar-refractivity contribution >= 4 is 38.3 Å². The van der Waals surface area contributed by atoms with E-state index in [2.05, 4.69) is 10.3 Å². The second-order valence-corrected chi connectivity index (χ2v) is 11.3. The number of halogens is 3. The fourth-order valence-corrected chi connectivity index (χ4v) is 6.35. The van der Waals surface area contributed by atoms with Crippen molar-refractivity contribution in [3.05, 3.63) is 29.0 Å². The van der Waals surface area contributed by atoms with Crippen molar-refractivity contribution in [2.75, 3.05) is 11.9 Å². The highest BCUT2D eigenvalue weighted by molar-refractivity contribution is 7.89. The molecule has 8 nitrogen and oxygen atoms in total. The maximum Gasteiger partial charge on any atom is 0.402 e. The van der Waals surface area contributed by atoms with E-state index < -0.39 is 33.5 Å². The first kappa shape index (κ1) is 24.6. The number of hydrogen-bond acceptors (Lipinski definition) is 6. The summed E-state index contributed by atoms with van der Waals surface area (Å²) in [6.45, 7) is 3.30. The second-order valence-electron chi connectivity index (χ2n) is 8.57. The average molecular weight is 517 g/mol. The maximum atomic E-state index is 13.2. The number of nitrogens with one attached hydrogen (secondary N) is 2. The third-order valence-electron chi connectivity index (χ3n) is 5.89. The number of carbonyl (C=O) groups excluding carboxylic acids is 2. The van der Waals surface area contributed by atoms with Gasteiger partial charge >= 0.3 is 6.18 Å². The van der Waals surface area contributed by atoms with Gasteiger partial charge in [0, 0.05) is 19.5 Å². The summed E-state index contributed by atoms with van der Waals surface area (Å²) in [6, 6.07) is 2.77. The summed E-state index contributed by atoms with van der Waals surface area (Å²) in [5.74, 6) is -0.512. The number of nitrogens with zero attached hydrogens (tertiary/aromatic N) is 2. The van der Waals surface area contributed by atoms with Crippen LogP contribution in [0.25, 0.3) is 10.4 Å². The van der Waals surface area contributed by atoms with Crippen molar-refractivity contribution in [2.24, 2.45) is 5.92 Å². The lowest BCUT2D eigenvalue weighted by atomic mass is 10.0. The summed E-state index contributed by atoms with van der Waals surface area (Å²) in [4.78, 5) is 30.5. The first-order valence-electron chi connectivity index (χ1n) is 10.6. The van der Waals surface area contributed by atoms with E-state index in [1.54, 1.807) is 22.6 Å². The highest BCUT2D eigenvalue weighted by Gasteiger charge is 2.42. The topological polar surface area (TPSA) is 108 Å². The van der Waals surface area contributed by atoms with Gasteiger partial charge in [0.2, 0.25) is 15.9 Å². The lowest BCUT2D eigenvalue weighted by molar-refractivity contribution is -0.121. The van der Waals surface area contributed by atoms with Crippen LogP contribution >= 0.6 is 11.3 Å². The van der Waals surface area contributed by atoms with Crippen molar-refractivity contribution in [3.8, 4) is 10.4 Å². The number of benzene rings is 1. The van der Waals surface area contributed by atoms with Crippen LogP contribution in [0.4, 0.5) is 18.3 Å². The van der Waals surface area contributed by atoms with Gasteiger partial charge in [-0.2, -0.15) is 13.2 Å². The molecule has 1 aliphatic heterocycles. The van der Waals surface area contributed by atoms with E-state index in [-0.39, 0.29) is 24.1 Å². The summed E-state index contributed by atoms with van der Waals surface area (Å²) < 4.78 is 65.9. The van der Waals surface area contributed by atoms with Gasteiger partial charge in [0.05, 0.1) is 21.0 Å². The Labute approximate surface area is 198 Å². The molecule has 0 radical (unpaired) electrons. The van der Waals surface area contributed by atoms with Crippen LogP contribution in [0.2, 0.25) is 0 Å². The Hall–Kier alpha value is -2.51. The predicted molar refractivity (Wildman–Crippen MR) is 120 cm³/mol. The molecule has 2 aromatic rings. The van der Waals surface area contributed by atoms with Gasteiger partial charge in [-0.05, 0) is 55.9 Å². The zero-order valence-corrected chi connectivity index (χ0v) is 20.2. The molecule has 1 aromatic carbocycles. The molecule has 2 aliphatic rings. The largest absolute Gasteiger partial charge is 0.402 e. The molecular formula is C21H23F3N4O4S2. The molecule has 2 amide bonds. The monoisotopic (exact) mass is 516 g/mol. The minimum absolute atomic E-state index is 0.102. The van der Waals surface area contributed by atoms with Crippen LogP contribution in [0.3, 0.4) is 0 Å². The third kappa shape index (κ3) is 4.96.